The zero-order valence-electron chi connectivity index (χ0n) is 15.5. The Labute approximate surface area is 172 Å². The number of nitrogens with one attached hydrogen (secondary N) is 2. The number of aromatic nitrogens is 2. The van der Waals surface area contributed by atoms with Gasteiger partial charge in [0.15, 0.2) is 5.69 Å². The molecule has 2 N–H and O–H groups in total. The molecular weight excluding hydrogens is 416 g/mol. The van der Waals surface area contributed by atoms with E-state index in [4.69, 9.17) is 11.6 Å². The van der Waals surface area contributed by atoms with E-state index in [1.165, 1.54) is 22.9 Å². The van der Waals surface area contributed by atoms with Gasteiger partial charge in [0.25, 0.3) is 5.91 Å². The molecule has 1 heterocycles. The van der Waals surface area contributed by atoms with Gasteiger partial charge >= 0.3 is 0 Å². The summed E-state index contributed by atoms with van der Waals surface area (Å²) in [7, 11) is -3.46. The Kier molecular flexibility index (Phi) is 5.71. The summed E-state index contributed by atoms with van der Waals surface area (Å²) in [5, 5.41) is 7.30. The van der Waals surface area contributed by atoms with Crippen molar-refractivity contribution in [3.8, 4) is 5.69 Å². The van der Waals surface area contributed by atoms with Crippen LogP contribution in [0, 0.1) is 6.92 Å². The fourth-order valence-corrected chi connectivity index (χ4v) is 3.29. The highest BCUT2D eigenvalue weighted by Gasteiger charge is 2.16. The third kappa shape index (κ3) is 5.21. The minimum Gasteiger partial charge on any atom is -0.320 e. The molecule has 0 unspecified atom stereocenters. The number of nitrogens with zero attached hydrogens (tertiary/aromatic N) is 2. The maximum atomic E-state index is 12.6. The molecule has 0 saturated carbocycles. The van der Waals surface area contributed by atoms with E-state index in [9.17, 15) is 18.0 Å². The van der Waals surface area contributed by atoms with Gasteiger partial charge in [-0.15, -0.1) is 0 Å². The van der Waals surface area contributed by atoms with Crippen molar-refractivity contribution >= 4 is 38.9 Å². The third-order valence-electron chi connectivity index (χ3n) is 3.82. The number of aryl methyl sites for hydroxylation is 1. The lowest BCUT2D eigenvalue weighted by atomic mass is 10.2. The molecule has 0 fully saturated rings. The summed E-state index contributed by atoms with van der Waals surface area (Å²) in [6.45, 7) is 1.70. The highest BCUT2D eigenvalue weighted by atomic mass is 35.5. The van der Waals surface area contributed by atoms with Crippen LogP contribution in [0.15, 0.2) is 59.4 Å². The van der Waals surface area contributed by atoms with E-state index in [2.05, 4.69) is 15.1 Å². The molecule has 0 aliphatic carbocycles. The predicted molar refractivity (Wildman–Crippen MR) is 112 cm³/mol. The summed E-state index contributed by atoms with van der Waals surface area (Å²) in [5.41, 5.74) is 0.945. The van der Waals surface area contributed by atoms with Crippen LogP contribution in [0.5, 0.6) is 0 Å². The molecule has 0 bridgehead atoms. The molecule has 29 heavy (non-hydrogen) atoms. The van der Waals surface area contributed by atoms with E-state index < -0.39 is 21.4 Å². The fourth-order valence-electron chi connectivity index (χ4n) is 2.61. The van der Waals surface area contributed by atoms with Crippen LogP contribution in [-0.4, -0.2) is 30.4 Å². The molecule has 10 heteroatoms. The lowest BCUT2D eigenvalue weighted by Crippen LogP contribution is -2.26. The van der Waals surface area contributed by atoms with Crippen LogP contribution in [0.4, 0.5) is 11.4 Å². The average Bonchev–Trinajstić information content (AvgIpc) is 2.61. The molecule has 2 aromatic carbocycles. The molecule has 0 radical (unpaired) electrons. The van der Waals surface area contributed by atoms with Crippen LogP contribution in [0.1, 0.15) is 16.2 Å². The number of hydrogen-bond donors (Lipinski definition) is 2. The molecule has 0 saturated heterocycles. The first kappa shape index (κ1) is 20.6. The number of hydrogen-bond acceptors (Lipinski definition) is 5. The molecule has 150 valence electrons. The normalized spacial score (nSPS) is 11.1. The Bertz CT molecular complexity index is 1240. The summed E-state index contributed by atoms with van der Waals surface area (Å²) >= 11 is 5.90. The average molecular weight is 433 g/mol. The van der Waals surface area contributed by atoms with Crippen molar-refractivity contribution in [3.63, 3.8) is 0 Å². The topological polar surface area (TPSA) is 110 Å². The number of sulfonamides is 1. The first-order chi connectivity index (χ1) is 13.6. The maximum Gasteiger partial charge on any atom is 0.280 e. The first-order valence-corrected chi connectivity index (χ1v) is 10.7. The number of rotatable bonds is 5. The predicted octanol–water partition coefficient (Wildman–Crippen LogP) is 2.82. The highest BCUT2D eigenvalue weighted by molar-refractivity contribution is 7.92. The zero-order chi connectivity index (χ0) is 21.2. The Hall–Kier alpha value is -3.17. The largest absolute Gasteiger partial charge is 0.320 e. The Morgan fingerprint density at radius 2 is 1.72 bits per heavy atom. The van der Waals surface area contributed by atoms with Gasteiger partial charge in [0.2, 0.25) is 15.5 Å². The van der Waals surface area contributed by atoms with Crippen molar-refractivity contribution in [2.24, 2.45) is 0 Å². The van der Waals surface area contributed by atoms with Crippen molar-refractivity contribution in [2.45, 2.75) is 6.92 Å². The second kappa shape index (κ2) is 8.06. The van der Waals surface area contributed by atoms with Gasteiger partial charge in [-0.1, -0.05) is 17.7 Å². The molecule has 0 atom stereocenters. The number of amides is 1. The second-order valence-corrected chi connectivity index (χ2v) is 8.48. The summed E-state index contributed by atoms with van der Waals surface area (Å²) in [4.78, 5) is 24.9. The van der Waals surface area contributed by atoms with Gasteiger partial charge in [-0.2, -0.15) is 5.10 Å². The van der Waals surface area contributed by atoms with E-state index in [0.29, 0.717) is 22.1 Å². The molecule has 8 nitrogen and oxygen atoms in total. The van der Waals surface area contributed by atoms with E-state index in [1.807, 2.05) is 0 Å². The lowest BCUT2D eigenvalue weighted by Gasteiger charge is -2.12. The minimum atomic E-state index is -3.46. The summed E-state index contributed by atoms with van der Waals surface area (Å²) < 4.78 is 26.5. The third-order valence-corrected chi connectivity index (χ3v) is 4.68. The molecule has 1 aromatic heterocycles. The standard InChI is InChI=1S/C19H17ClN4O4S/c1-12-10-17(25)18(22-24(12)16-8-6-13(20)7-9-16)19(26)21-14-4-3-5-15(11-14)23-29(2,27)28/h3-11,23H,1-2H3,(H,21,26). The molecule has 3 aromatic rings. The van der Waals surface area contributed by atoms with Crippen molar-refractivity contribution in [1.29, 1.82) is 0 Å². The molecule has 0 aliphatic rings. The minimum absolute atomic E-state index is 0.278. The molecule has 0 spiro atoms. The van der Waals surface area contributed by atoms with Crippen molar-refractivity contribution in [3.05, 3.63) is 81.2 Å². The van der Waals surface area contributed by atoms with Gasteiger partial charge < -0.3 is 5.32 Å². The fraction of sp³-hybridized carbons (Fsp3) is 0.105. The van der Waals surface area contributed by atoms with Gasteiger partial charge in [0, 0.05) is 22.5 Å². The number of carbonyl (C=O) groups excluding carboxylic acids is 1. The monoisotopic (exact) mass is 432 g/mol. The van der Waals surface area contributed by atoms with E-state index in [0.717, 1.165) is 6.26 Å². The summed E-state index contributed by atoms with van der Waals surface area (Å²) in [6.07, 6.45) is 1.02. The summed E-state index contributed by atoms with van der Waals surface area (Å²) in [5.74, 6) is -0.714. The first-order valence-electron chi connectivity index (χ1n) is 8.38. The van der Waals surface area contributed by atoms with E-state index in [1.54, 1.807) is 43.3 Å². The van der Waals surface area contributed by atoms with Gasteiger partial charge in [-0.05, 0) is 49.4 Å². The van der Waals surface area contributed by atoms with Gasteiger partial charge in [0.05, 0.1) is 17.6 Å². The number of carbonyl (C=O) groups is 1. The van der Waals surface area contributed by atoms with Gasteiger partial charge in [-0.3, -0.25) is 14.3 Å². The second-order valence-electron chi connectivity index (χ2n) is 6.30. The number of halogens is 1. The van der Waals surface area contributed by atoms with E-state index >= 15 is 0 Å². The van der Waals surface area contributed by atoms with Crippen molar-refractivity contribution in [2.75, 3.05) is 16.3 Å². The van der Waals surface area contributed by atoms with Crippen LogP contribution in [-0.2, 0) is 10.0 Å². The Morgan fingerprint density at radius 3 is 2.38 bits per heavy atom. The van der Waals surface area contributed by atoms with E-state index in [-0.39, 0.29) is 11.4 Å². The zero-order valence-corrected chi connectivity index (χ0v) is 17.1. The Morgan fingerprint density at radius 1 is 1.07 bits per heavy atom. The maximum absolute atomic E-state index is 12.6. The quantitative estimate of drug-likeness (QED) is 0.644. The van der Waals surface area contributed by atoms with Crippen LogP contribution >= 0.6 is 11.6 Å². The smallest absolute Gasteiger partial charge is 0.280 e. The number of anilines is 2. The van der Waals surface area contributed by atoms with Crippen LogP contribution in [0.25, 0.3) is 5.69 Å². The molecular formula is C19H17ClN4O4S. The van der Waals surface area contributed by atoms with Crippen LogP contribution in [0.3, 0.4) is 0 Å². The summed E-state index contributed by atoms with van der Waals surface area (Å²) in [6, 6.07) is 14.2. The van der Waals surface area contributed by atoms with Crippen molar-refractivity contribution in [1.82, 2.24) is 9.78 Å². The lowest BCUT2D eigenvalue weighted by molar-refractivity contribution is 0.101. The highest BCUT2D eigenvalue weighted by Crippen LogP contribution is 2.17. The Balaban J connectivity index is 1.92. The molecule has 0 aliphatic heterocycles. The van der Waals surface area contributed by atoms with Crippen molar-refractivity contribution < 1.29 is 13.2 Å². The number of benzene rings is 2. The van der Waals surface area contributed by atoms with Gasteiger partial charge in [-0.25, -0.2) is 13.1 Å². The van der Waals surface area contributed by atoms with Crippen LogP contribution < -0.4 is 15.5 Å². The van der Waals surface area contributed by atoms with Gasteiger partial charge in [0.1, 0.15) is 0 Å². The SMILES string of the molecule is Cc1cc(=O)c(C(=O)Nc2cccc(NS(C)(=O)=O)c2)nn1-c1ccc(Cl)cc1. The molecule has 3 rings (SSSR count). The van der Waals surface area contributed by atoms with Crippen LogP contribution in [0.2, 0.25) is 5.02 Å². The molecule has 1 amide bonds.